The second-order valence-electron chi connectivity index (χ2n) is 10.7. The highest BCUT2D eigenvalue weighted by Gasteiger charge is 2.22. The Labute approximate surface area is 202 Å². The third kappa shape index (κ3) is 3.79. The maximum absolute atomic E-state index is 14.2. The molecule has 2 aromatic carbocycles. The van der Waals surface area contributed by atoms with Crippen molar-refractivity contribution >= 4 is 21.5 Å². The average molecular weight is 456 g/mol. The van der Waals surface area contributed by atoms with Gasteiger partial charge >= 0.3 is 0 Å². The number of hydrogen-bond acceptors (Lipinski definition) is 2. The van der Waals surface area contributed by atoms with Gasteiger partial charge in [-0.1, -0.05) is 67.5 Å². The molecule has 4 nitrogen and oxygen atoms in total. The highest BCUT2D eigenvalue weighted by molar-refractivity contribution is 5.92. The van der Waals surface area contributed by atoms with Gasteiger partial charge in [-0.15, -0.1) is 0 Å². The summed E-state index contributed by atoms with van der Waals surface area (Å²) in [7, 11) is 0. The van der Waals surface area contributed by atoms with Crippen LogP contribution in [0.5, 0.6) is 0 Å². The van der Waals surface area contributed by atoms with E-state index in [0.29, 0.717) is 11.4 Å². The van der Waals surface area contributed by atoms with Crippen LogP contribution >= 0.6 is 0 Å². The third-order valence-electron chi connectivity index (χ3n) is 6.98. The number of nitrogens with zero attached hydrogens (tertiary/aromatic N) is 1. The van der Waals surface area contributed by atoms with Crippen LogP contribution in [0.1, 0.15) is 101 Å². The molecular formula is C30H37N3O. The molecule has 4 rings (SSSR count). The molecule has 0 spiro atoms. The number of H-pyrrole nitrogens is 1. The molecular weight excluding hydrogens is 418 g/mol. The molecule has 0 aliphatic rings. The summed E-state index contributed by atoms with van der Waals surface area (Å²) in [5.41, 5.74) is 5.78. The van der Waals surface area contributed by atoms with E-state index in [1.165, 1.54) is 5.56 Å². The van der Waals surface area contributed by atoms with E-state index >= 15 is 0 Å². The summed E-state index contributed by atoms with van der Waals surface area (Å²) < 4.78 is 1.82. The second kappa shape index (κ2) is 8.90. The Morgan fingerprint density at radius 1 is 0.735 bits per heavy atom. The lowest BCUT2D eigenvalue weighted by Crippen LogP contribution is -2.23. The van der Waals surface area contributed by atoms with Gasteiger partial charge in [-0.2, -0.15) is 0 Å². The van der Waals surface area contributed by atoms with Crippen LogP contribution < -0.4 is 11.0 Å². The first-order valence-electron chi connectivity index (χ1n) is 12.5. The molecule has 4 heteroatoms. The second-order valence-corrected chi connectivity index (χ2v) is 10.7. The van der Waals surface area contributed by atoms with Crippen molar-refractivity contribution < 1.29 is 0 Å². The van der Waals surface area contributed by atoms with Crippen LogP contribution in [-0.4, -0.2) is 9.55 Å². The maximum Gasteiger partial charge on any atom is 0.263 e. The lowest BCUT2D eigenvalue weighted by atomic mass is 9.88. The van der Waals surface area contributed by atoms with Crippen molar-refractivity contribution in [1.29, 1.82) is 5.41 Å². The first kappa shape index (κ1) is 24.0. The Bertz CT molecular complexity index is 1500. The van der Waals surface area contributed by atoms with Crippen LogP contribution in [0.3, 0.4) is 0 Å². The number of aromatic amines is 1. The number of benzene rings is 2. The molecule has 0 amide bonds. The van der Waals surface area contributed by atoms with Gasteiger partial charge in [0.2, 0.25) is 0 Å². The smallest absolute Gasteiger partial charge is 0.263 e. The van der Waals surface area contributed by atoms with Gasteiger partial charge in [0, 0.05) is 17.8 Å². The molecule has 0 saturated carbocycles. The molecule has 0 radical (unpaired) electrons. The third-order valence-corrected chi connectivity index (χ3v) is 6.98. The van der Waals surface area contributed by atoms with Crippen molar-refractivity contribution in [2.45, 2.75) is 79.1 Å². The largest absolute Gasteiger partial charge is 0.347 e. The fourth-order valence-corrected chi connectivity index (χ4v) is 5.29. The van der Waals surface area contributed by atoms with Crippen molar-refractivity contribution in [2.24, 2.45) is 0 Å². The molecule has 0 aliphatic carbocycles. The monoisotopic (exact) mass is 455 g/mol. The predicted octanol–water partition coefficient (Wildman–Crippen LogP) is 7.45. The molecule has 4 aromatic rings. The van der Waals surface area contributed by atoms with Crippen LogP contribution in [-0.2, 0) is 0 Å². The minimum atomic E-state index is 0.0195. The van der Waals surface area contributed by atoms with Gasteiger partial charge in [0.25, 0.3) is 5.56 Å². The summed E-state index contributed by atoms with van der Waals surface area (Å²) in [5.74, 6) is 0.987. The molecule has 0 bridgehead atoms. The van der Waals surface area contributed by atoms with E-state index in [1.807, 2.05) is 17.0 Å². The Morgan fingerprint density at radius 3 is 1.91 bits per heavy atom. The van der Waals surface area contributed by atoms with E-state index < -0.39 is 0 Å². The van der Waals surface area contributed by atoms with Crippen LogP contribution in [0.4, 0.5) is 0 Å². The van der Waals surface area contributed by atoms with Crippen molar-refractivity contribution in [2.75, 3.05) is 0 Å². The van der Waals surface area contributed by atoms with Crippen LogP contribution in [0.25, 0.3) is 27.2 Å². The lowest BCUT2D eigenvalue weighted by molar-refractivity contribution is 0.829. The van der Waals surface area contributed by atoms with Crippen LogP contribution in [0, 0.1) is 5.41 Å². The number of fused-ring (bicyclic) bond motifs is 2. The Hall–Kier alpha value is -3.14. The summed E-state index contributed by atoms with van der Waals surface area (Å²) in [6.07, 6.45) is 3.78. The molecule has 0 fully saturated rings. The summed E-state index contributed by atoms with van der Waals surface area (Å²) in [6, 6.07) is 10.7. The van der Waals surface area contributed by atoms with E-state index in [-0.39, 0.29) is 23.3 Å². The molecule has 0 atom stereocenters. The van der Waals surface area contributed by atoms with E-state index in [4.69, 9.17) is 5.41 Å². The maximum atomic E-state index is 14.2. The molecule has 2 N–H and O–H groups in total. The zero-order chi connectivity index (χ0) is 24.9. The van der Waals surface area contributed by atoms with Crippen molar-refractivity contribution in [3.63, 3.8) is 0 Å². The topological polar surface area (TPSA) is 61.6 Å². The summed E-state index contributed by atoms with van der Waals surface area (Å²) in [6.45, 7) is 17.3. The zero-order valence-electron chi connectivity index (χ0n) is 21.7. The normalized spacial score (nSPS) is 12.2. The SMILES string of the molecule is CC(C)c1cc(-n2ccc3c(C(C)C)ccc(C(C)C)c3c2=O)c(C(C)C)c2c(=N)[nH]ccc12. The van der Waals surface area contributed by atoms with Crippen LogP contribution in [0.15, 0.2) is 47.5 Å². The fourth-order valence-electron chi connectivity index (χ4n) is 5.29. The number of hydrogen-bond donors (Lipinski definition) is 2. The van der Waals surface area contributed by atoms with Gasteiger partial charge in [0.1, 0.15) is 5.49 Å². The minimum absolute atomic E-state index is 0.0195. The van der Waals surface area contributed by atoms with Crippen LogP contribution in [0.2, 0.25) is 0 Å². The first-order valence-corrected chi connectivity index (χ1v) is 12.5. The van der Waals surface area contributed by atoms with E-state index in [2.05, 4.69) is 90.7 Å². The van der Waals surface area contributed by atoms with Gasteiger partial charge in [0.15, 0.2) is 0 Å². The summed E-state index contributed by atoms with van der Waals surface area (Å²) >= 11 is 0. The molecule has 0 saturated heterocycles. The fraction of sp³-hybridized carbons (Fsp3) is 0.400. The average Bonchev–Trinajstić information content (AvgIpc) is 2.77. The number of pyridine rings is 2. The molecule has 178 valence electrons. The Balaban J connectivity index is 2.21. The molecule has 0 aliphatic heterocycles. The molecule has 2 aromatic heterocycles. The van der Waals surface area contributed by atoms with E-state index in [1.54, 1.807) is 0 Å². The number of nitrogens with one attached hydrogen (secondary N) is 2. The Kier molecular flexibility index (Phi) is 6.28. The zero-order valence-corrected chi connectivity index (χ0v) is 21.7. The van der Waals surface area contributed by atoms with Crippen molar-refractivity contribution in [1.82, 2.24) is 9.55 Å². The van der Waals surface area contributed by atoms with Crippen molar-refractivity contribution in [3.8, 4) is 5.69 Å². The summed E-state index contributed by atoms with van der Waals surface area (Å²) in [4.78, 5) is 17.3. The lowest BCUT2D eigenvalue weighted by Gasteiger charge is -2.23. The number of aromatic nitrogens is 2. The van der Waals surface area contributed by atoms with Gasteiger partial charge in [-0.3, -0.25) is 14.8 Å². The highest BCUT2D eigenvalue weighted by atomic mass is 16.1. The molecule has 34 heavy (non-hydrogen) atoms. The van der Waals surface area contributed by atoms with Gasteiger partial charge in [-0.25, -0.2) is 0 Å². The first-order chi connectivity index (χ1) is 16.0. The van der Waals surface area contributed by atoms with E-state index in [0.717, 1.165) is 43.9 Å². The molecule has 0 unspecified atom stereocenters. The van der Waals surface area contributed by atoms with Gasteiger partial charge < -0.3 is 4.98 Å². The molecule has 2 heterocycles. The van der Waals surface area contributed by atoms with E-state index in [9.17, 15) is 4.79 Å². The predicted molar refractivity (Wildman–Crippen MR) is 144 cm³/mol. The standard InChI is InChI=1S/C30H37N3O/c1-16(2)20-9-10-21(17(3)4)27-23(20)12-14-33(30(27)34)25-15-24(18(5)6)22-11-13-32-29(31)28(22)26(25)19(7)8/h9-19H,1-8H3,(H2,31,32). The summed E-state index contributed by atoms with van der Waals surface area (Å²) in [5, 5.41) is 12.6. The van der Waals surface area contributed by atoms with Gasteiger partial charge in [-0.05, 0) is 74.9 Å². The minimum Gasteiger partial charge on any atom is -0.347 e. The van der Waals surface area contributed by atoms with Gasteiger partial charge in [0.05, 0.1) is 11.1 Å². The number of rotatable bonds is 5. The van der Waals surface area contributed by atoms with Crippen molar-refractivity contribution in [3.05, 3.63) is 80.8 Å². The Morgan fingerprint density at radius 2 is 1.32 bits per heavy atom. The quantitative estimate of drug-likeness (QED) is 0.323. The highest BCUT2D eigenvalue weighted by Crippen LogP contribution is 2.36.